The summed E-state index contributed by atoms with van der Waals surface area (Å²) in [6.07, 6.45) is 0. The summed E-state index contributed by atoms with van der Waals surface area (Å²) < 4.78 is 5.41. The van der Waals surface area contributed by atoms with E-state index in [0.29, 0.717) is 5.56 Å². The molecule has 0 spiro atoms. The molecule has 3 nitrogen and oxygen atoms in total. The molecule has 23 heavy (non-hydrogen) atoms. The summed E-state index contributed by atoms with van der Waals surface area (Å²) in [7, 11) is 1.63. The van der Waals surface area contributed by atoms with Crippen LogP contribution >= 0.6 is 0 Å². The van der Waals surface area contributed by atoms with E-state index in [2.05, 4.69) is 11.1 Å². The average Bonchev–Trinajstić information content (AvgIpc) is 2.83. The summed E-state index contributed by atoms with van der Waals surface area (Å²) in [5.41, 5.74) is 6.59. The molecule has 0 aliphatic carbocycles. The molecule has 1 aromatic heterocycles. The molecule has 0 fully saturated rings. The van der Waals surface area contributed by atoms with Crippen LogP contribution in [0.1, 0.15) is 38.3 Å². The zero-order valence-corrected chi connectivity index (χ0v) is 14.2. The third-order valence-corrected chi connectivity index (χ3v) is 4.47. The number of aromatic amines is 1. The number of carbonyl (C=O) groups excluding carboxylic acids is 1. The number of hydrogen-bond donors (Lipinski definition) is 1. The number of ketones is 1. The van der Waals surface area contributed by atoms with Gasteiger partial charge in [-0.3, -0.25) is 4.79 Å². The van der Waals surface area contributed by atoms with E-state index in [1.54, 1.807) is 7.11 Å². The van der Waals surface area contributed by atoms with E-state index in [0.717, 1.165) is 39.0 Å². The zero-order chi connectivity index (χ0) is 16.7. The van der Waals surface area contributed by atoms with E-state index >= 15 is 0 Å². The van der Waals surface area contributed by atoms with Crippen LogP contribution in [0.4, 0.5) is 0 Å². The van der Waals surface area contributed by atoms with Crippen molar-refractivity contribution < 1.29 is 9.53 Å². The number of methoxy groups -OCH3 is 1. The first kappa shape index (κ1) is 15.3. The first-order valence-corrected chi connectivity index (χ1v) is 7.71. The lowest BCUT2D eigenvalue weighted by molar-refractivity contribution is 0.103. The molecule has 3 heteroatoms. The number of carbonyl (C=O) groups is 1. The molecule has 3 aromatic rings. The number of hydrogen-bond acceptors (Lipinski definition) is 2. The van der Waals surface area contributed by atoms with Crippen LogP contribution in [0, 0.1) is 27.7 Å². The van der Waals surface area contributed by atoms with Crippen molar-refractivity contribution in [2.75, 3.05) is 7.11 Å². The summed E-state index contributed by atoms with van der Waals surface area (Å²) in [4.78, 5) is 16.4. The smallest absolute Gasteiger partial charge is 0.195 e. The summed E-state index contributed by atoms with van der Waals surface area (Å²) in [5, 5.41) is 0.968. The van der Waals surface area contributed by atoms with Crippen LogP contribution in [-0.2, 0) is 0 Å². The van der Waals surface area contributed by atoms with Crippen molar-refractivity contribution in [2.24, 2.45) is 0 Å². The van der Waals surface area contributed by atoms with Gasteiger partial charge in [-0.25, -0.2) is 0 Å². The van der Waals surface area contributed by atoms with E-state index in [9.17, 15) is 4.79 Å². The lowest BCUT2D eigenvalue weighted by Gasteiger charge is -2.10. The van der Waals surface area contributed by atoms with Gasteiger partial charge in [0.1, 0.15) is 5.75 Å². The van der Waals surface area contributed by atoms with Gasteiger partial charge >= 0.3 is 0 Å². The number of H-pyrrole nitrogens is 1. The largest absolute Gasteiger partial charge is 0.496 e. The molecule has 0 bridgehead atoms. The first-order valence-electron chi connectivity index (χ1n) is 7.71. The minimum absolute atomic E-state index is 0.0269. The van der Waals surface area contributed by atoms with Gasteiger partial charge in [-0.1, -0.05) is 12.1 Å². The van der Waals surface area contributed by atoms with E-state index in [1.165, 1.54) is 5.56 Å². The van der Waals surface area contributed by atoms with E-state index in [4.69, 9.17) is 4.74 Å². The van der Waals surface area contributed by atoms with Gasteiger partial charge in [-0.2, -0.15) is 0 Å². The van der Waals surface area contributed by atoms with Gasteiger partial charge in [0.2, 0.25) is 0 Å². The normalized spacial score (nSPS) is 11.0. The van der Waals surface area contributed by atoms with E-state index in [1.807, 2.05) is 52.0 Å². The maximum atomic E-state index is 13.1. The minimum atomic E-state index is 0.0269. The summed E-state index contributed by atoms with van der Waals surface area (Å²) in [6, 6.07) is 9.89. The second kappa shape index (κ2) is 5.58. The fourth-order valence-electron chi connectivity index (χ4n) is 3.05. The average molecular weight is 307 g/mol. The highest BCUT2D eigenvalue weighted by Gasteiger charge is 2.19. The zero-order valence-electron chi connectivity index (χ0n) is 14.2. The van der Waals surface area contributed by atoms with Crippen LogP contribution in [0.3, 0.4) is 0 Å². The van der Waals surface area contributed by atoms with Gasteiger partial charge in [0.25, 0.3) is 0 Å². The van der Waals surface area contributed by atoms with Gasteiger partial charge in [-0.15, -0.1) is 0 Å². The molecule has 0 saturated heterocycles. The molecule has 2 aromatic carbocycles. The number of rotatable bonds is 3. The molecule has 0 atom stereocenters. The maximum absolute atomic E-state index is 13.1. The van der Waals surface area contributed by atoms with E-state index in [-0.39, 0.29) is 5.78 Å². The van der Waals surface area contributed by atoms with Crippen molar-refractivity contribution in [3.63, 3.8) is 0 Å². The molecular formula is C20H21NO2. The van der Waals surface area contributed by atoms with Crippen molar-refractivity contribution in [2.45, 2.75) is 27.7 Å². The number of ether oxygens (including phenoxy) is 1. The van der Waals surface area contributed by atoms with Crippen LogP contribution < -0.4 is 4.74 Å². The van der Waals surface area contributed by atoms with E-state index < -0.39 is 0 Å². The van der Waals surface area contributed by atoms with Crippen molar-refractivity contribution in [1.29, 1.82) is 0 Å². The molecule has 1 N–H and O–H groups in total. The number of aryl methyl sites for hydroxylation is 3. The Bertz CT molecular complexity index is 919. The standard InChI is InChI=1S/C20H21NO2/c1-11-6-7-16-17(8-11)21-14(4)19(16)20(22)15-9-12(2)13(3)18(10-15)23-5/h6-10,21H,1-5H3. The molecule has 0 aliphatic heterocycles. The van der Waals surface area contributed by atoms with Crippen molar-refractivity contribution in [1.82, 2.24) is 4.98 Å². The van der Waals surface area contributed by atoms with Crippen molar-refractivity contribution in [3.8, 4) is 5.75 Å². The molecule has 1 heterocycles. The van der Waals surface area contributed by atoms with Crippen LogP contribution in [0.15, 0.2) is 30.3 Å². The third-order valence-electron chi connectivity index (χ3n) is 4.47. The Balaban J connectivity index is 2.18. The fraction of sp³-hybridized carbons (Fsp3) is 0.250. The van der Waals surface area contributed by atoms with Gasteiger partial charge in [0, 0.05) is 22.2 Å². The van der Waals surface area contributed by atoms with Gasteiger partial charge < -0.3 is 9.72 Å². The molecule has 0 saturated carbocycles. The minimum Gasteiger partial charge on any atom is -0.496 e. The Hall–Kier alpha value is -2.55. The Labute approximate surface area is 136 Å². The first-order chi connectivity index (χ1) is 10.9. The molecule has 118 valence electrons. The van der Waals surface area contributed by atoms with Gasteiger partial charge in [0.15, 0.2) is 5.78 Å². The second-order valence-electron chi connectivity index (χ2n) is 6.12. The molecule has 3 rings (SSSR count). The molecular weight excluding hydrogens is 286 g/mol. The van der Waals surface area contributed by atoms with Crippen LogP contribution in [0.25, 0.3) is 10.9 Å². The Morgan fingerprint density at radius 1 is 1.04 bits per heavy atom. The lowest BCUT2D eigenvalue weighted by Crippen LogP contribution is -2.04. The van der Waals surface area contributed by atoms with Crippen LogP contribution in [0.2, 0.25) is 0 Å². The fourth-order valence-corrected chi connectivity index (χ4v) is 3.05. The molecule has 0 unspecified atom stereocenters. The highest BCUT2D eigenvalue weighted by atomic mass is 16.5. The number of aromatic nitrogens is 1. The highest BCUT2D eigenvalue weighted by Crippen LogP contribution is 2.29. The summed E-state index contributed by atoms with van der Waals surface area (Å²) in [6.45, 7) is 7.99. The second-order valence-corrected chi connectivity index (χ2v) is 6.12. The SMILES string of the molecule is COc1cc(C(=O)c2c(C)[nH]c3cc(C)ccc23)cc(C)c1C. The Morgan fingerprint density at radius 2 is 1.78 bits per heavy atom. The monoisotopic (exact) mass is 307 g/mol. The molecule has 0 radical (unpaired) electrons. The Kier molecular flexibility index (Phi) is 3.72. The number of nitrogens with one attached hydrogen (secondary N) is 1. The topological polar surface area (TPSA) is 42.1 Å². The summed E-state index contributed by atoms with van der Waals surface area (Å²) in [5.74, 6) is 0.778. The summed E-state index contributed by atoms with van der Waals surface area (Å²) >= 11 is 0. The number of benzene rings is 2. The Morgan fingerprint density at radius 3 is 2.48 bits per heavy atom. The number of fused-ring (bicyclic) bond motifs is 1. The van der Waals surface area contributed by atoms with Crippen LogP contribution in [-0.4, -0.2) is 17.9 Å². The quantitative estimate of drug-likeness (QED) is 0.716. The van der Waals surface area contributed by atoms with Crippen molar-refractivity contribution in [3.05, 3.63) is 63.8 Å². The maximum Gasteiger partial charge on any atom is 0.195 e. The lowest BCUT2D eigenvalue weighted by atomic mass is 9.96. The van der Waals surface area contributed by atoms with Gasteiger partial charge in [0.05, 0.1) is 12.7 Å². The highest BCUT2D eigenvalue weighted by molar-refractivity contribution is 6.17. The molecule has 0 amide bonds. The predicted octanol–water partition coefficient (Wildman–Crippen LogP) is 4.64. The van der Waals surface area contributed by atoms with Gasteiger partial charge in [-0.05, 0) is 62.6 Å². The molecule has 0 aliphatic rings. The van der Waals surface area contributed by atoms with Crippen molar-refractivity contribution >= 4 is 16.7 Å². The predicted molar refractivity (Wildman–Crippen MR) is 93.7 cm³/mol. The third kappa shape index (κ3) is 2.52. The van der Waals surface area contributed by atoms with Crippen LogP contribution in [0.5, 0.6) is 5.75 Å².